The first-order valence-electron chi connectivity index (χ1n) is 5.74. The highest BCUT2D eigenvalue weighted by Gasteiger charge is 2.13. The standard InChI is InChI=1S/C11H23N3O3/c1-8(10(15)16)7-12-11(17)13-9(2)5-6-14(3)4/h8-9H,5-7H2,1-4H3,(H,15,16)(H2,12,13,17). The highest BCUT2D eigenvalue weighted by molar-refractivity contribution is 5.75. The number of nitrogens with one attached hydrogen (secondary N) is 2. The Morgan fingerprint density at radius 2 is 1.88 bits per heavy atom. The summed E-state index contributed by atoms with van der Waals surface area (Å²) in [5, 5.41) is 13.9. The first-order chi connectivity index (χ1) is 7.82. The summed E-state index contributed by atoms with van der Waals surface area (Å²) in [6, 6.07) is -0.248. The molecule has 0 aliphatic carbocycles. The summed E-state index contributed by atoms with van der Waals surface area (Å²) >= 11 is 0. The minimum absolute atomic E-state index is 0.0672. The van der Waals surface area contributed by atoms with Gasteiger partial charge in [0.1, 0.15) is 0 Å². The van der Waals surface area contributed by atoms with E-state index in [1.165, 1.54) is 0 Å². The predicted octanol–water partition coefficient (Wildman–Crippen LogP) is 0.347. The van der Waals surface area contributed by atoms with Crippen molar-refractivity contribution in [3.8, 4) is 0 Å². The SMILES string of the molecule is CC(CCN(C)C)NC(=O)NCC(C)C(=O)O. The first kappa shape index (κ1) is 15.7. The summed E-state index contributed by atoms with van der Waals surface area (Å²) in [4.78, 5) is 24.0. The van der Waals surface area contributed by atoms with Crippen LogP contribution in [0.15, 0.2) is 0 Å². The van der Waals surface area contributed by atoms with Crippen molar-refractivity contribution in [1.82, 2.24) is 15.5 Å². The summed E-state index contributed by atoms with van der Waals surface area (Å²) in [7, 11) is 3.95. The van der Waals surface area contributed by atoms with Crippen LogP contribution in [0.2, 0.25) is 0 Å². The lowest BCUT2D eigenvalue weighted by molar-refractivity contribution is -0.140. The minimum atomic E-state index is -0.911. The number of aliphatic carboxylic acids is 1. The molecule has 0 saturated heterocycles. The second-order valence-corrected chi connectivity index (χ2v) is 4.59. The fraction of sp³-hybridized carbons (Fsp3) is 0.818. The van der Waals surface area contributed by atoms with Gasteiger partial charge in [0.2, 0.25) is 0 Å². The normalized spacial score (nSPS) is 14.2. The molecule has 2 atom stereocenters. The molecule has 6 heteroatoms. The summed E-state index contributed by atoms with van der Waals surface area (Å²) in [6.07, 6.45) is 0.856. The van der Waals surface area contributed by atoms with Crippen LogP contribution in [-0.4, -0.2) is 55.2 Å². The maximum absolute atomic E-state index is 11.4. The number of carboxylic acid groups (broad SMARTS) is 1. The van der Waals surface area contributed by atoms with Crippen LogP contribution in [0.25, 0.3) is 0 Å². The van der Waals surface area contributed by atoms with Gasteiger partial charge in [-0.2, -0.15) is 0 Å². The molecule has 2 amide bonds. The van der Waals surface area contributed by atoms with Gasteiger partial charge in [-0.15, -0.1) is 0 Å². The molecule has 0 aliphatic heterocycles. The first-order valence-corrected chi connectivity index (χ1v) is 5.74. The van der Waals surface area contributed by atoms with Crippen molar-refractivity contribution in [3.05, 3.63) is 0 Å². The topological polar surface area (TPSA) is 81.7 Å². The van der Waals surface area contributed by atoms with Crippen LogP contribution in [0, 0.1) is 5.92 Å². The zero-order chi connectivity index (χ0) is 13.4. The Morgan fingerprint density at radius 3 is 2.35 bits per heavy atom. The smallest absolute Gasteiger partial charge is 0.315 e. The van der Waals surface area contributed by atoms with Gasteiger partial charge in [-0.25, -0.2) is 4.79 Å². The van der Waals surface area contributed by atoms with Crippen LogP contribution >= 0.6 is 0 Å². The molecule has 0 aromatic rings. The number of hydrogen-bond acceptors (Lipinski definition) is 3. The number of carbonyl (C=O) groups excluding carboxylic acids is 1. The van der Waals surface area contributed by atoms with E-state index in [2.05, 4.69) is 10.6 Å². The fourth-order valence-electron chi connectivity index (χ4n) is 1.13. The molecule has 2 unspecified atom stereocenters. The molecule has 0 aromatic carbocycles. The quantitative estimate of drug-likeness (QED) is 0.604. The van der Waals surface area contributed by atoms with Crippen molar-refractivity contribution >= 4 is 12.0 Å². The molecule has 0 aromatic heterocycles. The Balaban J connectivity index is 3.74. The second kappa shape index (κ2) is 7.89. The number of amides is 2. The Hall–Kier alpha value is -1.30. The monoisotopic (exact) mass is 245 g/mol. The third-order valence-electron chi connectivity index (χ3n) is 2.38. The van der Waals surface area contributed by atoms with Crippen molar-refractivity contribution in [3.63, 3.8) is 0 Å². The van der Waals surface area contributed by atoms with Crippen molar-refractivity contribution in [2.75, 3.05) is 27.2 Å². The van der Waals surface area contributed by atoms with E-state index in [9.17, 15) is 9.59 Å². The summed E-state index contributed by atoms with van der Waals surface area (Å²) in [6.45, 7) is 4.51. The van der Waals surface area contributed by atoms with E-state index in [1.807, 2.05) is 25.9 Å². The maximum atomic E-state index is 11.4. The van der Waals surface area contributed by atoms with Gasteiger partial charge >= 0.3 is 12.0 Å². The predicted molar refractivity (Wildman–Crippen MR) is 66.0 cm³/mol. The second-order valence-electron chi connectivity index (χ2n) is 4.59. The van der Waals surface area contributed by atoms with Gasteiger partial charge in [0, 0.05) is 12.6 Å². The van der Waals surface area contributed by atoms with E-state index in [0.29, 0.717) is 0 Å². The van der Waals surface area contributed by atoms with Gasteiger partial charge < -0.3 is 20.6 Å². The summed E-state index contributed by atoms with van der Waals surface area (Å²) in [5.74, 6) is -1.48. The number of nitrogens with zero attached hydrogens (tertiary/aromatic N) is 1. The number of carbonyl (C=O) groups is 2. The summed E-state index contributed by atoms with van der Waals surface area (Å²) in [5.41, 5.74) is 0. The van der Waals surface area contributed by atoms with Crippen LogP contribution in [0.4, 0.5) is 4.79 Å². The van der Waals surface area contributed by atoms with Crippen molar-refractivity contribution in [1.29, 1.82) is 0 Å². The van der Waals surface area contributed by atoms with E-state index < -0.39 is 11.9 Å². The van der Waals surface area contributed by atoms with Gasteiger partial charge in [0.05, 0.1) is 5.92 Å². The van der Waals surface area contributed by atoms with Crippen LogP contribution in [0.3, 0.4) is 0 Å². The Bertz CT molecular complexity index is 256. The Kier molecular flexibility index (Phi) is 7.29. The van der Waals surface area contributed by atoms with Gasteiger partial charge in [-0.3, -0.25) is 4.79 Å². The van der Waals surface area contributed by atoms with Crippen LogP contribution in [-0.2, 0) is 4.79 Å². The molecule has 6 nitrogen and oxygen atoms in total. The molecular formula is C11H23N3O3. The van der Waals surface area contributed by atoms with Gasteiger partial charge in [-0.1, -0.05) is 6.92 Å². The van der Waals surface area contributed by atoms with Crippen LogP contribution in [0.5, 0.6) is 0 Å². The third kappa shape index (κ3) is 8.50. The average molecular weight is 245 g/mol. The molecule has 0 bridgehead atoms. The Morgan fingerprint density at radius 1 is 1.29 bits per heavy atom. The number of carboxylic acids is 1. The molecule has 0 rings (SSSR count). The molecular weight excluding hydrogens is 222 g/mol. The molecule has 0 heterocycles. The largest absolute Gasteiger partial charge is 0.481 e. The highest BCUT2D eigenvalue weighted by atomic mass is 16.4. The van der Waals surface area contributed by atoms with E-state index >= 15 is 0 Å². The van der Waals surface area contributed by atoms with Gasteiger partial charge in [0.15, 0.2) is 0 Å². The molecule has 0 fully saturated rings. The third-order valence-corrected chi connectivity index (χ3v) is 2.38. The lowest BCUT2D eigenvalue weighted by Crippen LogP contribution is -2.43. The molecule has 100 valence electrons. The molecule has 0 spiro atoms. The number of urea groups is 1. The fourth-order valence-corrected chi connectivity index (χ4v) is 1.13. The molecule has 0 saturated carbocycles. The molecule has 3 N–H and O–H groups in total. The Labute approximate surface area is 102 Å². The zero-order valence-electron chi connectivity index (χ0n) is 11.0. The summed E-state index contributed by atoms with van der Waals surface area (Å²) < 4.78 is 0. The number of rotatable bonds is 7. The van der Waals surface area contributed by atoms with E-state index in [0.717, 1.165) is 13.0 Å². The van der Waals surface area contributed by atoms with Crippen molar-refractivity contribution in [2.45, 2.75) is 26.3 Å². The number of hydrogen-bond donors (Lipinski definition) is 3. The lowest BCUT2D eigenvalue weighted by Gasteiger charge is -2.17. The van der Waals surface area contributed by atoms with Crippen LogP contribution in [0.1, 0.15) is 20.3 Å². The molecule has 0 aliphatic rings. The molecule has 17 heavy (non-hydrogen) atoms. The van der Waals surface area contributed by atoms with E-state index in [1.54, 1.807) is 6.92 Å². The highest BCUT2D eigenvalue weighted by Crippen LogP contribution is 1.93. The van der Waals surface area contributed by atoms with Crippen molar-refractivity contribution in [2.24, 2.45) is 5.92 Å². The van der Waals surface area contributed by atoms with Gasteiger partial charge in [0.25, 0.3) is 0 Å². The molecule has 0 radical (unpaired) electrons. The lowest BCUT2D eigenvalue weighted by atomic mass is 10.2. The maximum Gasteiger partial charge on any atom is 0.315 e. The van der Waals surface area contributed by atoms with Crippen molar-refractivity contribution < 1.29 is 14.7 Å². The average Bonchev–Trinajstić information content (AvgIpc) is 2.22. The zero-order valence-corrected chi connectivity index (χ0v) is 11.0. The van der Waals surface area contributed by atoms with Gasteiger partial charge in [-0.05, 0) is 34.0 Å². The minimum Gasteiger partial charge on any atom is -0.481 e. The van der Waals surface area contributed by atoms with E-state index in [-0.39, 0.29) is 18.6 Å². The van der Waals surface area contributed by atoms with Crippen LogP contribution < -0.4 is 10.6 Å². The van der Waals surface area contributed by atoms with E-state index in [4.69, 9.17) is 5.11 Å².